The third kappa shape index (κ3) is 3.47. The molecule has 0 aliphatic carbocycles. The number of hydrogen-bond acceptors (Lipinski definition) is 4. The van der Waals surface area contributed by atoms with Crippen LogP contribution in [0.4, 0.5) is 16.2 Å². The van der Waals surface area contributed by atoms with Gasteiger partial charge in [0.15, 0.2) is 11.5 Å². The van der Waals surface area contributed by atoms with Crippen molar-refractivity contribution in [3.05, 3.63) is 47.5 Å². The van der Waals surface area contributed by atoms with Gasteiger partial charge in [-0.25, -0.2) is 4.79 Å². The van der Waals surface area contributed by atoms with E-state index in [1.165, 1.54) is 0 Å². The van der Waals surface area contributed by atoms with Gasteiger partial charge in [0, 0.05) is 35.6 Å². The van der Waals surface area contributed by atoms with E-state index < -0.39 is 0 Å². The zero-order chi connectivity index (χ0) is 19.7. The molecule has 0 aromatic heterocycles. The summed E-state index contributed by atoms with van der Waals surface area (Å²) in [6, 6.07) is 10.6. The van der Waals surface area contributed by atoms with Gasteiger partial charge in [-0.05, 0) is 56.5 Å². The molecule has 2 aliphatic heterocycles. The average Bonchev–Trinajstić information content (AvgIpc) is 3.14. The second-order valence-electron chi connectivity index (χ2n) is 7.18. The summed E-state index contributed by atoms with van der Waals surface area (Å²) < 4.78 is 10.7. The molecule has 0 saturated heterocycles. The molecule has 2 N–H and O–H groups in total. The highest BCUT2D eigenvalue weighted by atomic mass is 16.7. The van der Waals surface area contributed by atoms with E-state index in [-0.39, 0.29) is 24.8 Å². The lowest BCUT2D eigenvalue weighted by atomic mass is 9.95. The van der Waals surface area contributed by atoms with Gasteiger partial charge in [-0.15, -0.1) is 0 Å². The second-order valence-corrected chi connectivity index (χ2v) is 7.18. The molecular formula is C21H23N3O4. The maximum absolute atomic E-state index is 12.9. The van der Waals surface area contributed by atoms with Crippen LogP contribution >= 0.6 is 0 Å². The van der Waals surface area contributed by atoms with Crippen molar-refractivity contribution < 1.29 is 19.1 Å². The number of nitrogens with zero attached hydrogens (tertiary/aromatic N) is 1. The van der Waals surface area contributed by atoms with Crippen molar-refractivity contribution in [3.8, 4) is 11.5 Å². The van der Waals surface area contributed by atoms with Gasteiger partial charge in [0.2, 0.25) is 6.79 Å². The summed E-state index contributed by atoms with van der Waals surface area (Å²) in [7, 11) is 0. The molecule has 0 spiro atoms. The van der Waals surface area contributed by atoms with Gasteiger partial charge in [-0.3, -0.25) is 9.69 Å². The van der Waals surface area contributed by atoms with E-state index in [0.29, 0.717) is 29.3 Å². The van der Waals surface area contributed by atoms with Crippen LogP contribution in [0, 0.1) is 0 Å². The first kappa shape index (κ1) is 18.2. The number of hydrogen-bond donors (Lipinski definition) is 2. The minimum absolute atomic E-state index is 0.0531. The molecule has 7 nitrogen and oxygen atoms in total. The van der Waals surface area contributed by atoms with E-state index in [9.17, 15) is 9.59 Å². The predicted molar refractivity (Wildman–Crippen MR) is 106 cm³/mol. The lowest BCUT2D eigenvalue weighted by Gasteiger charge is -2.31. The standard InChI is InChI=1S/C21H23N3O4/c1-13(2)22-20(25)16-5-3-7-17-15(16)6-4-10-24(17)21(26)23-14-8-9-18-19(11-14)28-12-27-18/h3,5,7-9,11,13H,4,6,10,12H2,1-2H3,(H,22,25)(H,23,26). The molecule has 7 heteroatoms. The molecule has 0 bridgehead atoms. The van der Waals surface area contributed by atoms with E-state index in [0.717, 1.165) is 24.1 Å². The molecule has 3 amide bonds. The van der Waals surface area contributed by atoms with Crippen LogP contribution in [-0.2, 0) is 6.42 Å². The van der Waals surface area contributed by atoms with Crippen LogP contribution in [0.1, 0.15) is 36.2 Å². The molecule has 146 valence electrons. The normalized spacial score (nSPS) is 14.6. The lowest BCUT2D eigenvalue weighted by Crippen LogP contribution is -2.39. The van der Waals surface area contributed by atoms with Crippen LogP contribution in [0.5, 0.6) is 11.5 Å². The van der Waals surface area contributed by atoms with Crippen molar-refractivity contribution in [1.29, 1.82) is 0 Å². The molecule has 2 heterocycles. The third-order valence-electron chi connectivity index (χ3n) is 4.78. The highest BCUT2D eigenvalue weighted by Crippen LogP contribution is 2.35. The SMILES string of the molecule is CC(C)NC(=O)c1cccc2c1CCCN2C(=O)Nc1ccc2c(c1)OCO2. The Hall–Kier alpha value is -3.22. The first-order chi connectivity index (χ1) is 13.5. The first-order valence-corrected chi connectivity index (χ1v) is 9.44. The summed E-state index contributed by atoms with van der Waals surface area (Å²) in [6.45, 7) is 4.64. The van der Waals surface area contributed by atoms with Gasteiger partial charge in [-0.1, -0.05) is 6.07 Å². The quantitative estimate of drug-likeness (QED) is 0.852. The molecule has 0 fully saturated rings. The summed E-state index contributed by atoms with van der Waals surface area (Å²) in [6.07, 6.45) is 1.57. The smallest absolute Gasteiger partial charge is 0.326 e. The van der Waals surface area contributed by atoms with E-state index in [4.69, 9.17) is 9.47 Å². The Morgan fingerprint density at radius 2 is 1.93 bits per heavy atom. The molecule has 2 aliphatic rings. The van der Waals surface area contributed by atoms with Crippen LogP contribution in [0.15, 0.2) is 36.4 Å². The molecule has 0 saturated carbocycles. The van der Waals surface area contributed by atoms with Gasteiger partial charge >= 0.3 is 6.03 Å². The maximum atomic E-state index is 12.9. The van der Waals surface area contributed by atoms with Crippen molar-refractivity contribution in [2.75, 3.05) is 23.6 Å². The second kappa shape index (κ2) is 7.42. The Morgan fingerprint density at radius 1 is 1.11 bits per heavy atom. The first-order valence-electron chi connectivity index (χ1n) is 9.44. The Kier molecular flexibility index (Phi) is 4.81. The van der Waals surface area contributed by atoms with Crippen LogP contribution in [0.3, 0.4) is 0 Å². The van der Waals surface area contributed by atoms with Gasteiger partial charge in [0.05, 0.1) is 0 Å². The molecule has 4 rings (SSSR count). The Morgan fingerprint density at radius 3 is 2.75 bits per heavy atom. The predicted octanol–water partition coefficient (Wildman–Crippen LogP) is 3.54. The van der Waals surface area contributed by atoms with E-state index in [1.807, 2.05) is 32.0 Å². The third-order valence-corrected chi connectivity index (χ3v) is 4.78. The number of anilines is 2. The van der Waals surface area contributed by atoms with E-state index >= 15 is 0 Å². The van der Waals surface area contributed by atoms with Crippen LogP contribution < -0.4 is 25.0 Å². The maximum Gasteiger partial charge on any atom is 0.326 e. The fraction of sp³-hybridized carbons (Fsp3) is 0.333. The topological polar surface area (TPSA) is 79.9 Å². The zero-order valence-corrected chi connectivity index (χ0v) is 16.0. The number of urea groups is 1. The Bertz CT molecular complexity index is 926. The van der Waals surface area contributed by atoms with Crippen molar-refractivity contribution in [3.63, 3.8) is 0 Å². The fourth-order valence-electron chi connectivity index (χ4n) is 3.55. The molecule has 28 heavy (non-hydrogen) atoms. The Balaban J connectivity index is 1.57. The van der Waals surface area contributed by atoms with Gasteiger partial charge < -0.3 is 20.1 Å². The van der Waals surface area contributed by atoms with Gasteiger partial charge in [0.1, 0.15) is 0 Å². The number of ether oxygens (including phenoxy) is 2. The molecular weight excluding hydrogens is 358 g/mol. The highest BCUT2D eigenvalue weighted by molar-refractivity contribution is 6.05. The number of benzene rings is 2. The number of rotatable bonds is 3. The molecule has 0 unspecified atom stereocenters. The highest BCUT2D eigenvalue weighted by Gasteiger charge is 2.26. The largest absolute Gasteiger partial charge is 0.454 e. The summed E-state index contributed by atoms with van der Waals surface area (Å²) in [5, 5.41) is 5.85. The molecule has 0 radical (unpaired) electrons. The molecule has 0 atom stereocenters. The molecule has 2 aromatic carbocycles. The zero-order valence-electron chi connectivity index (χ0n) is 16.0. The number of nitrogens with one attached hydrogen (secondary N) is 2. The van der Waals surface area contributed by atoms with Gasteiger partial charge in [0.25, 0.3) is 5.91 Å². The minimum Gasteiger partial charge on any atom is -0.454 e. The lowest BCUT2D eigenvalue weighted by molar-refractivity contribution is 0.0942. The van der Waals surface area contributed by atoms with Crippen LogP contribution in [0.2, 0.25) is 0 Å². The number of carbonyl (C=O) groups is 2. The Labute approximate surface area is 163 Å². The van der Waals surface area contributed by atoms with E-state index in [2.05, 4.69) is 10.6 Å². The monoisotopic (exact) mass is 381 g/mol. The van der Waals surface area contributed by atoms with Crippen molar-refractivity contribution in [2.24, 2.45) is 0 Å². The minimum atomic E-state index is -0.235. The van der Waals surface area contributed by atoms with Gasteiger partial charge in [-0.2, -0.15) is 0 Å². The average molecular weight is 381 g/mol. The number of fused-ring (bicyclic) bond motifs is 2. The summed E-state index contributed by atoms with van der Waals surface area (Å²) in [5.41, 5.74) is 2.95. The fourth-order valence-corrected chi connectivity index (χ4v) is 3.55. The summed E-state index contributed by atoms with van der Waals surface area (Å²) in [5.74, 6) is 1.18. The van der Waals surface area contributed by atoms with Crippen molar-refractivity contribution in [2.45, 2.75) is 32.7 Å². The van der Waals surface area contributed by atoms with Crippen LogP contribution in [0.25, 0.3) is 0 Å². The van der Waals surface area contributed by atoms with Crippen LogP contribution in [-0.4, -0.2) is 31.3 Å². The van der Waals surface area contributed by atoms with Crippen molar-refractivity contribution >= 4 is 23.3 Å². The van der Waals surface area contributed by atoms with E-state index in [1.54, 1.807) is 23.1 Å². The summed E-state index contributed by atoms with van der Waals surface area (Å²) in [4.78, 5) is 27.2. The summed E-state index contributed by atoms with van der Waals surface area (Å²) >= 11 is 0. The number of carbonyl (C=O) groups excluding carboxylic acids is 2. The number of amides is 3. The van der Waals surface area contributed by atoms with Crippen molar-refractivity contribution in [1.82, 2.24) is 5.32 Å². The molecule has 2 aromatic rings.